The summed E-state index contributed by atoms with van der Waals surface area (Å²) in [6.07, 6.45) is 7.88. The number of rotatable bonds is 3. The van der Waals surface area contributed by atoms with Gasteiger partial charge in [0.2, 0.25) is 5.91 Å². The first-order valence-electron chi connectivity index (χ1n) is 7.75. The first kappa shape index (κ1) is 21.8. The molecule has 1 aromatic rings. The van der Waals surface area contributed by atoms with Crippen molar-refractivity contribution in [2.24, 2.45) is 0 Å². The minimum Gasteiger partial charge on any atom is -0.281 e. The lowest BCUT2D eigenvalue weighted by molar-refractivity contribution is -0.116. The molecule has 0 fully saturated rings. The van der Waals surface area contributed by atoms with Gasteiger partial charge in [0.05, 0.1) is 12.1 Å². The van der Waals surface area contributed by atoms with Crippen LogP contribution >= 0.6 is 12.6 Å². The summed E-state index contributed by atoms with van der Waals surface area (Å²) in [7, 11) is 0. The molecule has 0 unspecified atom stereocenters. The summed E-state index contributed by atoms with van der Waals surface area (Å²) < 4.78 is 0. The molecule has 1 aromatic carbocycles. The van der Waals surface area contributed by atoms with Gasteiger partial charge in [-0.3, -0.25) is 9.69 Å². The van der Waals surface area contributed by atoms with Crippen molar-refractivity contribution in [3.05, 3.63) is 65.9 Å². The van der Waals surface area contributed by atoms with E-state index >= 15 is 0 Å². The van der Waals surface area contributed by atoms with E-state index in [1.54, 1.807) is 17.2 Å². The largest absolute Gasteiger partial charge is 0.281 e. The molecule has 0 atom stereocenters. The quantitative estimate of drug-likeness (QED) is 0.456. The number of hydrogen-bond donors (Lipinski definition) is 1. The summed E-state index contributed by atoms with van der Waals surface area (Å²) in [5.41, 5.74) is 3.99. The lowest BCUT2D eigenvalue weighted by Crippen LogP contribution is -2.25. The van der Waals surface area contributed by atoms with E-state index in [4.69, 9.17) is 0 Å². The van der Waals surface area contributed by atoms with E-state index in [2.05, 4.69) is 31.0 Å². The van der Waals surface area contributed by atoms with Gasteiger partial charge in [-0.2, -0.15) is 12.6 Å². The smallest absolute Gasteiger partial charge is 0.236 e. The highest BCUT2D eigenvalue weighted by Crippen LogP contribution is 2.32. The number of hydrogen-bond acceptors (Lipinski definition) is 2. The highest BCUT2D eigenvalue weighted by Gasteiger charge is 2.28. The third kappa shape index (κ3) is 6.14. The van der Waals surface area contributed by atoms with Gasteiger partial charge in [0.1, 0.15) is 0 Å². The van der Waals surface area contributed by atoms with Crippen molar-refractivity contribution in [1.82, 2.24) is 0 Å². The molecule has 2 rings (SSSR count). The minimum atomic E-state index is 0.103. The van der Waals surface area contributed by atoms with Gasteiger partial charge >= 0.3 is 0 Å². The zero-order valence-electron chi connectivity index (χ0n) is 15.3. The molecule has 0 radical (unpaired) electrons. The minimum absolute atomic E-state index is 0.103. The number of nitrogens with zero attached hydrogens (tertiary/aromatic N) is 1. The van der Waals surface area contributed by atoms with Gasteiger partial charge in [0.15, 0.2) is 0 Å². The Kier molecular flexibility index (Phi) is 11.2. The number of allylic oxidation sites excluding steroid dienone is 4. The molecule has 0 saturated heterocycles. The van der Waals surface area contributed by atoms with Crippen molar-refractivity contribution < 1.29 is 4.79 Å². The van der Waals surface area contributed by atoms with Crippen LogP contribution in [0.25, 0.3) is 0 Å². The molecule has 0 saturated carbocycles. The average Bonchev–Trinajstić information content (AvgIpc) is 2.97. The highest BCUT2D eigenvalue weighted by atomic mass is 32.1. The molecular formula is C21H27NOS. The topological polar surface area (TPSA) is 20.3 Å². The molecule has 1 amide bonds. The number of benzene rings is 1. The van der Waals surface area contributed by atoms with Crippen LogP contribution < -0.4 is 4.90 Å². The summed E-state index contributed by atoms with van der Waals surface area (Å²) in [4.78, 5) is 13.9. The molecule has 3 heteroatoms. The molecular weight excluding hydrogens is 314 g/mol. The Bertz CT molecular complexity index is 669. The molecule has 0 aromatic heterocycles. The van der Waals surface area contributed by atoms with Crippen LogP contribution in [0.2, 0.25) is 0 Å². The lowest BCUT2D eigenvalue weighted by atomic mass is 10.1. The summed E-state index contributed by atoms with van der Waals surface area (Å²) in [6.45, 7) is 11.4. The Balaban J connectivity index is 0.000000773. The monoisotopic (exact) mass is 341 g/mol. The van der Waals surface area contributed by atoms with Gasteiger partial charge in [0.25, 0.3) is 0 Å². The molecule has 2 nitrogen and oxygen atoms in total. The van der Waals surface area contributed by atoms with Crippen molar-refractivity contribution in [1.29, 1.82) is 0 Å². The summed E-state index contributed by atoms with van der Waals surface area (Å²) in [6, 6.07) is 7.89. The fourth-order valence-electron chi connectivity index (χ4n) is 2.07. The first-order valence-corrected chi connectivity index (χ1v) is 8.64. The fraction of sp³-hybridized carbons (Fsp3) is 0.286. The van der Waals surface area contributed by atoms with E-state index in [1.807, 2.05) is 64.1 Å². The Morgan fingerprint density at radius 1 is 1.25 bits per heavy atom. The zero-order chi connectivity index (χ0) is 18.5. The SMILES string of the molecule is C=C/C(=C\C(C)=C/C)N1C(=O)Cc2ccccc21.CC#CC.CS. The molecule has 0 aliphatic carbocycles. The third-order valence-corrected chi connectivity index (χ3v) is 3.37. The van der Waals surface area contributed by atoms with Crippen LogP contribution in [0, 0.1) is 11.8 Å². The number of para-hydroxylation sites is 1. The fourth-order valence-corrected chi connectivity index (χ4v) is 2.07. The second-order valence-corrected chi connectivity index (χ2v) is 4.84. The van der Waals surface area contributed by atoms with Crippen LogP contribution in [-0.2, 0) is 11.2 Å². The third-order valence-electron chi connectivity index (χ3n) is 3.37. The zero-order valence-corrected chi connectivity index (χ0v) is 16.2. The predicted octanol–water partition coefficient (Wildman–Crippen LogP) is 5.19. The van der Waals surface area contributed by atoms with Crippen molar-refractivity contribution >= 4 is 24.2 Å². The Hall–Kier alpha value is -2.18. The Labute approximate surface area is 152 Å². The number of thiol groups is 1. The molecule has 1 aliphatic rings. The van der Waals surface area contributed by atoms with Crippen molar-refractivity contribution in [3.8, 4) is 11.8 Å². The van der Waals surface area contributed by atoms with Crippen LogP contribution in [-0.4, -0.2) is 12.2 Å². The summed E-state index contributed by atoms with van der Waals surface area (Å²) >= 11 is 3.53. The molecule has 1 aliphatic heterocycles. The molecule has 0 spiro atoms. The molecule has 128 valence electrons. The second kappa shape index (κ2) is 12.3. The van der Waals surface area contributed by atoms with Gasteiger partial charge in [-0.25, -0.2) is 0 Å². The van der Waals surface area contributed by atoms with E-state index in [-0.39, 0.29) is 5.91 Å². The normalized spacial score (nSPS) is 12.8. The standard InChI is InChI=1S/C16H17NO.C4H6.CH4S/c1-4-12(3)10-14(5-2)17-15-9-7-6-8-13(15)11-16(17)18;1-3-4-2;1-2/h4-10H,2,11H2,1,3H3;1-2H3;2H,1H3/b12-4-,14-10+;;. The number of amides is 1. The average molecular weight is 342 g/mol. The van der Waals surface area contributed by atoms with E-state index < -0.39 is 0 Å². The van der Waals surface area contributed by atoms with Crippen molar-refractivity contribution in [2.75, 3.05) is 11.2 Å². The molecule has 0 bridgehead atoms. The predicted molar refractivity (Wildman–Crippen MR) is 109 cm³/mol. The highest BCUT2D eigenvalue weighted by molar-refractivity contribution is 7.79. The molecule has 0 N–H and O–H groups in total. The number of anilines is 1. The number of carbonyl (C=O) groups excluding carboxylic acids is 1. The van der Waals surface area contributed by atoms with E-state index in [1.165, 1.54) is 0 Å². The first-order chi connectivity index (χ1) is 11.6. The van der Waals surface area contributed by atoms with Crippen LogP contribution in [0.4, 0.5) is 5.69 Å². The van der Waals surface area contributed by atoms with Crippen molar-refractivity contribution in [2.45, 2.75) is 34.1 Å². The van der Waals surface area contributed by atoms with Crippen LogP contribution in [0.5, 0.6) is 0 Å². The number of carbonyl (C=O) groups is 1. The van der Waals surface area contributed by atoms with Gasteiger partial charge in [-0.05, 0) is 57.7 Å². The summed E-state index contributed by atoms with van der Waals surface area (Å²) in [5.74, 6) is 5.46. The molecule has 24 heavy (non-hydrogen) atoms. The van der Waals surface area contributed by atoms with Crippen molar-refractivity contribution in [3.63, 3.8) is 0 Å². The van der Waals surface area contributed by atoms with Crippen LogP contribution in [0.3, 0.4) is 0 Å². The lowest BCUT2D eigenvalue weighted by Gasteiger charge is -2.18. The van der Waals surface area contributed by atoms with Gasteiger partial charge < -0.3 is 0 Å². The maximum absolute atomic E-state index is 12.1. The van der Waals surface area contributed by atoms with Gasteiger partial charge in [-0.15, -0.1) is 11.8 Å². The van der Waals surface area contributed by atoms with Gasteiger partial charge in [-0.1, -0.05) is 36.4 Å². The Morgan fingerprint density at radius 3 is 2.33 bits per heavy atom. The van der Waals surface area contributed by atoms with Crippen LogP contribution in [0.1, 0.15) is 33.3 Å². The molecule has 1 heterocycles. The number of fused-ring (bicyclic) bond motifs is 1. The van der Waals surface area contributed by atoms with Crippen LogP contribution in [0.15, 0.2) is 60.3 Å². The van der Waals surface area contributed by atoms with E-state index in [0.29, 0.717) is 6.42 Å². The Morgan fingerprint density at radius 2 is 1.83 bits per heavy atom. The van der Waals surface area contributed by atoms with Gasteiger partial charge in [0, 0.05) is 5.70 Å². The van der Waals surface area contributed by atoms with E-state index in [9.17, 15) is 4.79 Å². The summed E-state index contributed by atoms with van der Waals surface area (Å²) in [5, 5.41) is 0. The second-order valence-electron chi connectivity index (χ2n) is 4.84. The van der Waals surface area contributed by atoms with E-state index in [0.717, 1.165) is 22.5 Å². The maximum Gasteiger partial charge on any atom is 0.236 e. The maximum atomic E-state index is 12.1.